The molecule has 2 aromatic carbocycles. The quantitative estimate of drug-likeness (QED) is 0.663. The van der Waals surface area contributed by atoms with Crippen LogP contribution in [-0.4, -0.2) is 17.4 Å². The van der Waals surface area contributed by atoms with Gasteiger partial charge in [0.15, 0.2) is 0 Å². The molecule has 3 aromatic rings. The summed E-state index contributed by atoms with van der Waals surface area (Å²) < 4.78 is 0. The second kappa shape index (κ2) is 8.84. The first kappa shape index (κ1) is 18.4. The Bertz CT molecular complexity index is 980. The van der Waals surface area contributed by atoms with Gasteiger partial charge in [-0.15, -0.1) is 0 Å². The highest BCUT2D eigenvalue weighted by atomic mass is 35.5. The summed E-state index contributed by atoms with van der Waals surface area (Å²) in [6.45, 7) is 0.707. The largest absolute Gasteiger partial charge is 0.383 e. The molecule has 27 heavy (non-hydrogen) atoms. The number of benzene rings is 2. The highest BCUT2D eigenvalue weighted by molar-refractivity contribution is 6.30. The van der Waals surface area contributed by atoms with E-state index < -0.39 is 0 Å². The Kier molecular flexibility index (Phi) is 6.03. The molecular formula is C21H17ClN4O. The zero-order valence-electron chi connectivity index (χ0n) is 14.4. The van der Waals surface area contributed by atoms with Crippen molar-refractivity contribution in [1.82, 2.24) is 4.98 Å². The van der Waals surface area contributed by atoms with Gasteiger partial charge in [0.05, 0.1) is 22.9 Å². The van der Waals surface area contributed by atoms with Gasteiger partial charge >= 0.3 is 0 Å². The van der Waals surface area contributed by atoms with E-state index in [1.807, 2.05) is 30.3 Å². The van der Waals surface area contributed by atoms with E-state index in [0.717, 1.165) is 17.1 Å². The van der Waals surface area contributed by atoms with Crippen LogP contribution in [-0.2, 0) is 6.42 Å². The summed E-state index contributed by atoms with van der Waals surface area (Å²) in [5.74, 6) is -0.279. The Morgan fingerprint density at radius 2 is 1.89 bits per heavy atom. The predicted octanol–water partition coefficient (Wildman–Crippen LogP) is 4.51. The molecule has 2 N–H and O–H groups in total. The van der Waals surface area contributed by atoms with Gasteiger partial charge in [-0.05, 0) is 48.4 Å². The van der Waals surface area contributed by atoms with E-state index in [1.165, 1.54) is 11.8 Å². The highest BCUT2D eigenvalue weighted by Crippen LogP contribution is 2.14. The number of carbonyl (C=O) groups is 1. The van der Waals surface area contributed by atoms with Gasteiger partial charge < -0.3 is 10.6 Å². The first-order valence-corrected chi connectivity index (χ1v) is 8.77. The maximum Gasteiger partial charge on any atom is 0.257 e. The average Bonchev–Trinajstić information content (AvgIpc) is 2.70. The lowest BCUT2D eigenvalue weighted by Gasteiger charge is -2.09. The molecule has 0 aliphatic rings. The second-order valence-corrected chi connectivity index (χ2v) is 6.35. The van der Waals surface area contributed by atoms with Crippen molar-refractivity contribution in [3.63, 3.8) is 0 Å². The topological polar surface area (TPSA) is 77.8 Å². The molecule has 0 saturated heterocycles. The van der Waals surface area contributed by atoms with Crippen LogP contribution in [0.4, 0.5) is 11.4 Å². The van der Waals surface area contributed by atoms with Crippen LogP contribution in [0, 0.1) is 11.3 Å². The van der Waals surface area contributed by atoms with Crippen LogP contribution in [0.25, 0.3) is 0 Å². The van der Waals surface area contributed by atoms with Crippen LogP contribution in [0.15, 0.2) is 67.0 Å². The number of nitriles is 1. The van der Waals surface area contributed by atoms with Crippen molar-refractivity contribution in [2.45, 2.75) is 6.42 Å². The monoisotopic (exact) mass is 376 g/mol. The van der Waals surface area contributed by atoms with Crippen LogP contribution in [0.2, 0.25) is 5.02 Å². The number of pyridine rings is 1. The SMILES string of the molecule is N#Cc1cccc(NC(=O)c2cncc(NCCc3ccc(Cl)cc3)c2)c1. The van der Waals surface area contributed by atoms with Crippen LogP contribution in [0.1, 0.15) is 21.5 Å². The molecule has 1 amide bonds. The fourth-order valence-electron chi connectivity index (χ4n) is 2.53. The number of nitrogens with zero attached hydrogens (tertiary/aromatic N) is 2. The fourth-order valence-corrected chi connectivity index (χ4v) is 2.66. The number of nitrogens with one attached hydrogen (secondary N) is 2. The molecule has 0 radical (unpaired) electrons. The van der Waals surface area contributed by atoms with Gasteiger partial charge in [0.1, 0.15) is 0 Å². The lowest BCUT2D eigenvalue weighted by molar-refractivity contribution is 0.102. The van der Waals surface area contributed by atoms with Gasteiger partial charge in [0.2, 0.25) is 0 Å². The Balaban J connectivity index is 1.59. The second-order valence-electron chi connectivity index (χ2n) is 5.91. The maximum atomic E-state index is 12.4. The Hall–Kier alpha value is -3.36. The number of halogens is 1. The first-order chi connectivity index (χ1) is 13.1. The third-order valence-corrected chi connectivity index (χ3v) is 4.16. The first-order valence-electron chi connectivity index (χ1n) is 8.39. The van der Waals surface area contributed by atoms with E-state index >= 15 is 0 Å². The highest BCUT2D eigenvalue weighted by Gasteiger charge is 2.08. The number of hydrogen-bond acceptors (Lipinski definition) is 4. The van der Waals surface area contributed by atoms with Gasteiger partial charge in [0.25, 0.3) is 5.91 Å². The normalized spacial score (nSPS) is 10.1. The van der Waals surface area contributed by atoms with Crippen LogP contribution < -0.4 is 10.6 Å². The summed E-state index contributed by atoms with van der Waals surface area (Å²) in [6.07, 6.45) is 4.01. The summed E-state index contributed by atoms with van der Waals surface area (Å²) >= 11 is 5.89. The number of carbonyl (C=O) groups excluding carboxylic acids is 1. The zero-order valence-corrected chi connectivity index (χ0v) is 15.2. The summed E-state index contributed by atoms with van der Waals surface area (Å²) in [5, 5.41) is 15.7. The Morgan fingerprint density at radius 3 is 2.67 bits per heavy atom. The van der Waals surface area contributed by atoms with Crippen LogP contribution in [0.5, 0.6) is 0 Å². The van der Waals surface area contributed by atoms with E-state index in [0.29, 0.717) is 23.4 Å². The van der Waals surface area contributed by atoms with Crippen molar-refractivity contribution in [2.24, 2.45) is 0 Å². The van der Waals surface area contributed by atoms with Gasteiger partial charge in [-0.2, -0.15) is 5.26 Å². The molecule has 3 rings (SSSR count). The zero-order chi connectivity index (χ0) is 19.1. The van der Waals surface area contributed by atoms with Crippen LogP contribution >= 0.6 is 11.6 Å². The lowest BCUT2D eigenvalue weighted by atomic mass is 10.1. The summed E-state index contributed by atoms with van der Waals surface area (Å²) in [4.78, 5) is 16.5. The molecule has 1 aromatic heterocycles. The molecule has 0 unspecified atom stereocenters. The lowest BCUT2D eigenvalue weighted by Crippen LogP contribution is -2.13. The number of aromatic nitrogens is 1. The molecule has 0 atom stereocenters. The van der Waals surface area contributed by atoms with Gasteiger partial charge in [-0.3, -0.25) is 9.78 Å². The van der Waals surface area contributed by atoms with E-state index in [1.54, 1.807) is 36.5 Å². The molecule has 134 valence electrons. The third-order valence-electron chi connectivity index (χ3n) is 3.91. The van der Waals surface area contributed by atoms with E-state index in [9.17, 15) is 4.79 Å². The molecular weight excluding hydrogens is 360 g/mol. The molecule has 0 aliphatic heterocycles. The molecule has 1 heterocycles. The fraction of sp³-hybridized carbons (Fsp3) is 0.0952. The molecule has 0 saturated carbocycles. The van der Waals surface area contributed by atoms with E-state index in [2.05, 4.69) is 15.6 Å². The Labute approximate surface area is 162 Å². The van der Waals surface area contributed by atoms with Crippen molar-refractivity contribution in [3.8, 4) is 6.07 Å². The molecule has 0 fully saturated rings. The molecule has 0 aliphatic carbocycles. The number of anilines is 2. The minimum Gasteiger partial charge on any atom is -0.383 e. The molecule has 6 heteroatoms. The third kappa shape index (κ3) is 5.30. The minimum atomic E-state index is -0.279. The van der Waals surface area contributed by atoms with Gasteiger partial charge in [0, 0.05) is 29.6 Å². The van der Waals surface area contributed by atoms with Crippen molar-refractivity contribution < 1.29 is 4.79 Å². The number of rotatable bonds is 6. The Morgan fingerprint density at radius 1 is 1.07 bits per heavy atom. The molecule has 0 bridgehead atoms. The van der Waals surface area contributed by atoms with Crippen LogP contribution in [0.3, 0.4) is 0 Å². The van der Waals surface area contributed by atoms with Crippen molar-refractivity contribution in [1.29, 1.82) is 5.26 Å². The van der Waals surface area contributed by atoms with Gasteiger partial charge in [-0.1, -0.05) is 29.8 Å². The predicted molar refractivity (Wildman–Crippen MR) is 107 cm³/mol. The summed E-state index contributed by atoms with van der Waals surface area (Å²) in [6, 6.07) is 18.3. The molecule has 0 spiro atoms. The van der Waals surface area contributed by atoms with E-state index in [4.69, 9.17) is 16.9 Å². The number of hydrogen-bond donors (Lipinski definition) is 2. The molecule has 5 nitrogen and oxygen atoms in total. The van der Waals surface area contributed by atoms with E-state index in [-0.39, 0.29) is 5.91 Å². The van der Waals surface area contributed by atoms with Crippen molar-refractivity contribution in [3.05, 3.63) is 88.7 Å². The van der Waals surface area contributed by atoms with Gasteiger partial charge in [-0.25, -0.2) is 0 Å². The maximum absolute atomic E-state index is 12.4. The average molecular weight is 377 g/mol. The summed E-state index contributed by atoms with van der Waals surface area (Å²) in [5.41, 5.74) is 3.44. The minimum absolute atomic E-state index is 0.279. The van der Waals surface area contributed by atoms with Crippen molar-refractivity contribution in [2.75, 3.05) is 17.2 Å². The number of amides is 1. The summed E-state index contributed by atoms with van der Waals surface area (Å²) in [7, 11) is 0. The van der Waals surface area contributed by atoms with Crippen molar-refractivity contribution >= 4 is 28.9 Å². The smallest absolute Gasteiger partial charge is 0.257 e. The standard InChI is InChI=1S/C21H17ClN4O/c22-18-6-4-15(5-7-18)8-9-25-20-11-17(13-24-14-20)21(27)26-19-3-1-2-16(10-19)12-23/h1-7,10-11,13-14,25H,8-9H2,(H,26,27).